The van der Waals surface area contributed by atoms with Gasteiger partial charge in [-0.1, -0.05) is 36.4 Å². The van der Waals surface area contributed by atoms with Gasteiger partial charge in [0.1, 0.15) is 17.7 Å². The molecule has 1 unspecified atom stereocenters. The van der Waals surface area contributed by atoms with Gasteiger partial charge in [0.25, 0.3) is 0 Å². The van der Waals surface area contributed by atoms with E-state index >= 15 is 0 Å². The predicted molar refractivity (Wildman–Crippen MR) is 136 cm³/mol. The van der Waals surface area contributed by atoms with Gasteiger partial charge in [-0.25, -0.2) is 4.98 Å². The molecular formula is C24H29IN6O. The van der Waals surface area contributed by atoms with E-state index in [1.165, 1.54) is 24.7 Å². The zero-order valence-corrected chi connectivity index (χ0v) is 20.5. The first-order chi connectivity index (χ1) is 15.2. The topological polar surface area (TPSA) is 87.2 Å². The van der Waals surface area contributed by atoms with Crippen LogP contribution in [0.15, 0.2) is 59.9 Å². The summed E-state index contributed by atoms with van der Waals surface area (Å²) in [6.45, 7) is 0.664. The van der Waals surface area contributed by atoms with E-state index in [0.29, 0.717) is 6.54 Å². The Morgan fingerprint density at radius 3 is 2.81 bits per heavy atom. The monoisotopic (exact) mass is 544 g/mol. The molecule has 1 aromatic heterocycles. The number of benzene rings is 2. The highest BCUT2D eigenvalue weighted by atomic mass is 127. The van der Waals surface area contributed by atoms with Crippen molar-refractivity contribution in [3.05, 3.63) is 66.0 Å². The maximum atomic E-state index is 6.49. The van der Waals surface area contributed by atoms with Gasteiger partial charge in [0.2, 0.25) is 0 Å². The highest BCUT2D eigenvalue weighted by molar-refractivity contribution is 14.0. The fourth-order valence-electron chi connectivity index (χ4n) is 4.79. The molecule has 0 amide bonds. The average Bonchev–Trinajstić information content (AvgIpc) is 3.49. The summed E-state index contributed by atoms with van der Waals surface area (Å²) >= 11 is 0. The van der Waals surface area contributed by atoms with Crippen molar-refractivity contribution in [1.82, 2.24) is 25.8 Å². The zero-order valence-electron chi connectivity index (χ0n) is 18.2. The highest BCUT2D eigenvalue weighted by Crippen LogP contribution is 2.46. The summed E-state index contributed by atoms with van der Waals surface area (Å²) in [5, 5.41) is 14.0. The summed E-state index contributed by atoms with van der Waals surface area (Å²) in [5.74, 6) is 2.56. The Bertz CT molecular complexity index is 1060. The largest absolute Gasteiger partial charge is 0.487 e. The molecule has 1 saturated carbocycles. The Hall–Kier alpha value is -2.62. The molecule has 0 saturated heterocycles. The van der Waals surface area contributed by atoms with Gasteiger partial charge in [-0.3, -0.25) is 10.1 Å². The second kappa shape index (κ2) is 9.89. The molecule has 1 atom stereocenters. The smallest absolute Gasteiger partial charge is 0.191 e. The molecule has 7 nitrogen and oxygen atoms in total. The van der Waals surface area contributed by atoms with Crippen molar-refractivity contribution >= 4 is 29.9 Å². The van der Waals surface area contributed by atoms with Crippen molar-refractivity contribution in [1.29, 1.82) is 0 Å². The standard InChI is InChI=1S/C24H28N6O.HI/c1-25-23(26-15-17-7-6-8-18(13-17)22-27-16-28-30-22)29-20-14-24(11-4-5-12-24)31-21-10-3-2-9-19(20)21;/h2-3,6-10,13,16,20H,4-5,11-12,14-15H2,1H3,(H2,25,26,29)(H,27,28,30);1H. The van der Waals surface area contributed by atoms with E-state index in [2.05, 4.69) is 67.2 Å². The molecule has 0 bridgehead atoms. The maximum absolute atomic E-state index is 6.49. The summed E-state index contributed by atoms with van der Waals surface area (Å²) in [4.78, 5) is 8.72. The number of guanidine groups is 1. The van der Waals surface area contributed by atoms with Crippen LogP contribution in [0.3, 0.4) is 0 Å². The van der Waals surface area contributed by atoms with Crippen molar-refractivity contribution in [2.45, 2.75) is 50.3 Å². The van der Waals surface area contributed by atoms with Crippen LogP contribution in [0, 0.1) is 0 Å². The third-order valence-electron chi connectivity index (χ3n) is 6.32. The molecule has 0 radical (unpaired) electrons. The van der Waals surface area contributed by atoms with E-state index < -0.39 is 0 Å². The summed E-state index contributed by atoms with van der Waals surface area (Å²) in [6, 6.07) is 16.8. The van der Waals surface area contributed by atoms with Crippen LogP contribution >= 0.6 is 24.0 Å². The highest BCUT2D eigenvalue weighted by Gasteiger charge is 2.43. The lowest BCUT2D eigenvalue weighted by Gasteiger charge is -2.40. The van der Waals surface area contributed by atoms with Crippen LogP contribution in [0.4, 0.5) is 0 Å². The van der Waals surface area contributed by atoms with E-state index in [1.807, 2.05) is 19.2 Å². The van der Waals surface area contributed by atoms with Crippen molar-refractivity contribution in [2.75, 3.05) is 7.05 Å². The molecule has 1 aliphatic carbocycles. The van der Waals surface area contributed by atoms with Crippen LogP contribution in [-0.4, -0.2) is 33.8 Å². The van der Waals surface area contributed by atoms with Crippen molar-refractivity contribution in [2.24, 2.45) is 4.99 Å². The first kappa shape index (κ1) is 22.6. The Morgan fingerprint density at radius 1 is 1.19 bits per heavy atom. The van der Waals surface area contributed by atoms with Gasteiger partial charge in [0.05, 0.1) is 6.04 Å². The molecule has 168 valence electrons. The van der Waals surface area contributed by atoms with Gasteiger partial charge in [0, 0.05) is 31.1 Å². The van der Waals surface area contributed by atoms with Gasteiger partial charge in [-0.2, -0.15) is 5.10 Å². The zero-order chi connectivity index (χ0) is 21.1. The lowest BCUT2D eigenvalue weighted by Crippen LogP contribution is -2.46. The fraction of sp³-hybridized carbons (Fsp3) is 0.375. The number of hydrogen-bond donors (Lipinski definition) is 3. The Balaban J connectivity index is 0.00000245. The van der Waals surface area contributed by atoms with Crippen LogP contribution in [0.1, 0.15) is 49.3 Å². The number of nitrogens with one attached hydrogen (secondary N) is 3. The molecule has 2 aliphatic rings. The van der Waals surface area contributed by atoms with Gasteiger partial charge < -0.3 is 15.4 Å². The van der Waals surface area contributed by atoms with Crippen LogP contribution in [0.2, 0.25) is 0 Å². The molecule has 2 aromatic carbocycles. The number of hydrogen-bond acceptors (Lipinski definition) is 4. The third kappa shape index (κ3) is 4.74. The van der Waals surface area contributed by atoms with Gasteiger partial charge in [-0.15, -0.1) is 24.0 Å². The first-order valence-corrected chi connectivity index (χ1v) is 10.9. The summed E-state index contributed by atoms with van der Waals surface area (Å²) < 4.78 is 6.49. The summed E-state index contributed by atoms with van der Waals surface area (Å²) in [7, 11) is 1.82. The van der Waals surface area contributed by atoms with Gasteiger partial charge in [0.15, 0.2) is 11.8 Å². The molecule has 5 rings (SSSR count). The summed E-state index contributed by atoms with van der Waals surface area (Å²) in [5.41, 5.74) is 3.32. The lowest BCUT2D eigenvalue weighted by molar-refractivity contribution is 0.0396. The Labute approximate surface area is 205 Å². The lowest BCUT2D eigenvalue weighted by atomic mass is 9.86. The predicted octanol–water partition coefficient (Wildman–Crippen LogP) is 4.59. The molecule has 1 aliphatic heterocycles. The van der Waals surface area contributed by atoms with E-state index in [4.69, 9.17) is 4.74 Å². The summed E-state index contributed by atoms with van der Waals surface area (Å²) in [6.07, 6.45) is 7.22. The van der Waals surface area contributed by atoms with E-state index in [9.17, 15) is 0 Å². The number of fused-ring (bicyclic) bond motifs is 1. The normalized spacial score (nSPS) is 19.0. The number of aromatic nitrogens is 3. The number of H-pyrrole nitrogens is 1. The molecule has 1 fully saturated rings. The molecule has 1 spiro atoms. The van der Waals surface area contributed by atoms with Crippen LogP contribution in [-0.2, 0) is 6.54 Å². The Kier molecular flexibility index (Phi) is 6.98. The van der Waals surface area contributed by atoms with Crippen LogP contribution in [0.25, 0.3) is 11.4 Å². The van der Waals surface area contributed by atoms with Gasteiger partial charge in [-0.05, 0) is 43.4 Å². The van der Waals surface area contributed by atoms with Crippen molar-refractivity contribution in [3.63, 3.8) is 0 Å². The number of nitrogens with zero attached hydrogens (tertiary/aromatic N) is 3. The van der Waals surface area contributed by atoms with Crippen molar-refractivity contribution in [3.8, 4) is 17.1 Å². The maximum Gasteiger partial charge on any atom is 0.191 e. The minimum atomic E-state index is -0.0454. The van der Waals surface area contributed by atoms with Crippen molar-refractivity contribution < 1.29 is 4.74 Å². The average molecular weight is 544 g/mol. The van der Waals surface area contributed by atoms with Gasteiger partial charge >= 0.3 is 0 Å². The second-order valence-electron chi connectivity index (χ2n) is 8.39. The molecule has 3 N–H and O–H groups in total. The Morgan fingerprint density at radius 2 is 2.03 bits per heavy atom. The molecular weight excluding hydrogens is 515 g/mol. The molecule has 8 heteroatoms. The number of halogens is 1. The minimum absolute atomic E-state index is 0. The van der Waals surface area contributed by atoms with E-state index in [0.717, 1.165) is 47.9 Å². The number of aliphatic imine (C=N–C) groups is 1. The number of ether oxygens (including phenoxy) is 1. The first-order valence-electron chi connectivity index (χ1n) is 10.9. The van der Waals surface area contributed by atoms with Crippen LogP contribution in [0.5, 0.6) is 5.75 Å². The number of rotatable bonds is 4. The second-order valence-corrected chi connectivity index (χ2v) is 8.39. The molecule has 2 heterocycles. The number of aromatic amines is 1. The molecule has 32 heavy (non-hydrogen) atoms. The minimum Gasteiger partial charge on any atom is -0.487 e. The number of para-hydroxylation sites is 1. The van der Waals surface area contributed by atoms with E-state index in [1.54, 1.807) is 0 Å². The SMILES string of the molecule is CN=C(NCc1cccc(-c2ncn[nH]2)c1)NC1CC2(CCCC2)Oc2ccccc21.I. The van der Waals surface area contributed by atoms with Crippen LogP contribution < -0.4 is 15.4 Å². The van der Waals surface area contributed by atoms with E-state index in [-0.39, 0.29) is 35.6 Å². The fourth-order valence-corrected chi connectivity index (χ4v) is 4.79. The quantitative estimate of drug-likeness (QED) is 0.254. The third-order valence-corrected chi connectivity index (χ3v) is 6.32. The molecule has 3 aromatic rings.